The quantitative estimate of drug-likeness (QED) is 0.0374. The highest BCUT2D eigenvalue weighted by Crippen LogP contribution is 2.30. The van der Waals surface area contributed by atoms with Gasteiger partial charge in [-0.05, 0) is 87.7 Å². The number of ether oxygens (including phenoxy) is 3. The average molecular weight is 1200 g/mol. The molecule has 0 radical (unpaired) electrons. The molecule has 1 fully saturated rings. The van der Waals surface area contributed by atoms with Crippen LogP contribution in [-0.4, -0.2) is 204 Å². The second-order valence-electron chi connectivity index (χ2n) is 22.8. The van der Waals surface area contributed by atoms with Crippen molar-refractivity contribution >= 4 is 74.9 Å². The van der Waals surface area contributed by atoms with Crippen molar-refractivity contribution in [1.29, 1.82) is 0 Å². The zero-order valence-corrected chi connectivity index (χ0v) is 52.2. The molecule has 0 aliphatic carbocycles. The first-order chi connectivity index (χ1) is 39.4. The Kier molecular flexibility index (Phi) is 28.9. The zero-order chi connectivity index (χ0) is 63.3. The SMILES string of the molecule is CC[C@H](C)[C@@H]([C@@H](CC(=O)N1CCC[C@H]1[C@H](OC)[C@@H](C)C(=O)NS(=O)(=O)c1ccc(NC(=O)[C@H](CCCNC(N)=O)NC(=O)[C@@H](NC(=O)CCOCCN2C(=O)C=CC2=O)C(C)C)cc1)OC)N(C)C(=O)[C@@H](NC(=O)[C@H](C(C)C)N(C)C)C(C)C. The predicted molar refractivity (Wildman–Crippen MR) is 312 cm³/mol. The number of nitrogens with two attached hydrogens (primary N) is 1. The Morgan fingerprint density at radius 1 is 0.774 bits per heavy atom. The van der Waals surface area contributed by atoms with Gasteiger partial charge in [-0.15, -0.1) is 0 Å². The number of methoxy groups -OCH3 is 2. The highest BCUT2D eigenvalue weighted by Gasteiger charge is 2.44. The molecule has 3 rings (SSSR count). The highest BCUT2D eigenvalue weighted by atomic mass is 32.2. The van der Waals surface area contributed by atoms with Gasteiger partial charge in [0.1, 0.15) is 18.1 Å². The third-order valence-corrected chi connectivity index (χ3v) is 16.7. The molecule has 472 valence electrons. The topological polar surface area (TPSA) is 344 Å². The van der Waals surface area contributed by atoms with Crippen molar-refractivity contribution in [2.24, 2.45) is 35.3 Å². The van der Waals surface area contributed by atoms with Crippen LogP contribution in [0.5, 0.6) is 0 Å². The molecule has 2 heterocycles. The average Bonchev–Trinajstić information content (AvgIpc) is 2.60. The summed E-state index contributed by atoms with van der Waals surface area (Å²) in [6.45, 7) is 16.7. The van der Waals surface area contributed by atoms with Gasteiger partial charge in [-0.3, -0.25) is 53.0 Å². The summed E-state index contributed by atoms with van der Waals surface area (Å²) < 4.78 is 46.9. The monoisotopic (exact) mass is 1200 g/mol. The van der Waals surface area contributed by atoms with Gasteiger partial charge in [-0.1, -0.05) is 68.7 Å². The van der Waals surface area contributed by atoms with Crippen LogP contribution in [0.15, 0.2) is 41.3 Å². The summed E-state index contributed by atoms with van der Waals surface area (Å²) in [5.41, 5.74) is 5.33. The number of primary amides is 1. The van der Waals surface area contributed by atoms with Gasteiger partial charge in [0, 0.05) is 58.6 Å². The van der Waals surface area contributed by atoms with Crippen LogP contribution < -0.4 is 37.0 Å². The molecule has 1 aromatic carbocycles. The number of urea groups is 1. The number of likely N-dealkylation sites (N-methyl/N-ethyl adjacent to an activating group) is 2. The minimum absolute atomic E-state index is 0.00108. The van der Waals surface area contributed by atoms with Crippen molar-refractivity contribution in [3.8, 4) is 0 Å². The summed E-state index contributed by atoms with van der Waals surface area (Å²) in [5.74, 6) is -6.66. The van der Waals surface area contributed by atoms with E-state index >= 15 is 0 Å². The Hall–Kier alpha value is -6.55. The summed E-state index contributed by atoms with van der Waals surface area (Å²) in [7, 11) is 3.62. The normalized spacial score (nSPS) is 17.7. The minimum atomic E-state index is -4.52. The number of sulfonamides is 1. The van der Waals surface area contributed by atoms with Crippen molar-refractivity contribution in [3.05, 3.63) is 36.4 Å². The number of benzene rings is 1. The number of anilines is 1. The maximum atomic E-state index is 14.4. The lowest BCUT2D eigenvalue weighted by atomic mass is 9.89. The largest absolute Gasteiger partial charge is 0.379 e. The van der Waals surface area contributed by atoms with E-state index < -0.39 is 112 Å². The first-order valence-corrected chi connectivity index (χ1v) is 30.2. The summed E-state index contributed by atoms with van der Waals surface area (Å²) in [5, 5.41) is 13.4. The molecule has 1 aromatic rings. The van der Waals surface area contributed by atoms with E-state index in [2.05, 4.69) is 31.3 Å². The first-order valence-electron chi connectivity index (χ1n) is 28.7. The molecule has 0 aromatic heterocycles. The van der Waals surface area contributed by atoms with Crippen LogP contribution in [0.25, 0.3) is 0 Å². The number of imide groups is 1. The summed E-state index contributed by atoms with van der Waals surface area (Å²) in [6, 6.07) is -0.763. The van der Waals surface area contributed by atoms with Gasteiger partial charge in [0.25, 0.3) is 21.8 Å². The lowest BCUT2D eigenvalue weighted by molar-refractivity contribution is -0.148. The van der Waals surface area contributed by atoms with E-state index in [0.29, 0.717) is 25.8 Å². The smallest absolute Gasteiger partial charge is 0.312 e. The molecule has 10 atom stereocenters. The molecule has 26 nitrogen and oxygen atoms in total. The molecule has 0 spiro atoms. The zero-order valence-electron chi connectivity index (χ0n) is 51.4. The number of hydrogen-bond donors (Lipinski definition) is 7. The maximum Gasteiger partial charge on any atom is 0.312 e. The first kappa shape index (κ1) is 71.7. The highest BCUT2D eigenvalue weighted by molar-refractivity contribution is 7.90. The van der Waals surface area contributed by atoms with Crippen molar-refractivity contribution in [2.75, 3.05) is 73.5 Å². The summed E-state index contributed by atoms with van der Waals surface area (Å²) in [4.78, 5) is 137. The van der Waals surface area contributed by atoms with E-state index in [1.807, 2.05) is 60.5 Å². The molecule has 11 amide bonds. The summed E-state index contributed by atoms with van der Waals surface area (Å²) >= 11 is 0. The van der Waals surface area contributed by atoms with Crippen LogP contribution in [-0.2, 0) is 67.4 Å². The number of carbonyl (C=O) groups excluding carboxylic acids is 10. The molecule has 0 unspecified atom stereocenters. The summed E-state index contributed by atoms with van der Waals surface area (Å²) in [6.07, 6.45) is 2.13. The third kappa shape index (κ3) is 20.6. The minimum Gasteiger partial charge on any atom is -0.379 e. The Labute approximate surface area is 495 Å². The predicted octanol–water partition coefficient (Wildman–Crippen LogP) is 1.48. The Morgan fingerprint density at radius 2 is 1.39 bits per heavy atom. The van der Waals surface area contributed by atoms with E-state index in [4.69, 9.17) is 19.9 Å². The Bertz CT molecular complexity index is 2560. The number of rotatable bonds is 35. The molecule has 84 heavy (non-hydrogen) atoms. The van der Waals surface area contributed by atoms with Gasteiger partial charge in [0.05, 0.1) is 67.3 Å². The Morgan fingerprint density at radius 3 is 1.93 bits per heavy atom. The molecule has 0 bridgehead atoms. The van der Waals surface area contributed by atoms with Crippen LogP contribution in [0, 0.1) is 29.6 Å². The number of nitrogens with one attached hydrogen (secondary N) is 6. The molecule has 1 saturated heterocycles. The van der Waals surface area contributed by atoms with Crippen molar-refractivity contribution in [1.82, 2.24) is 45.6 Å². The van der Waals surface area contributed by atoms with E-state index in [1.54, 1.807) is 30.7 Å². The fourth-order valence-corrected chi connectivity index (χ4v) is 11.6. The maximum absolute atomic E-state index is 14.4. The Balaban J connectivity index is 1.71. The number of amides is 11. The molecule has 8 N–H and O–H groups in total. The van der Waals surface area contributed by atoms with Crippen LogP contribution in [0.3, 0.4) is 0 Å². The van der Waals surface area contributed by atoms with Crippen LogP contribution in [0.1, 0.15) is 107 Å². The fraction of sp³-hybridized carbons (Fsp3) is 0.684. The van der Waals surface area contributed by atoms with Crippen molar-refractivity contribution < 1.29 is 70.6 Å². The number of nitrogens with zero attached hydrogens (tertiary/aromatic N) is 4. The molecule has 2 aliphatic heterocycles. The van der Waals surface area contributed by atoms with Crippen LogP contribution >= 0.6 is 0 Å². The second-order valence-corrected chi connectivity index (χ2v) is 24.4. The lowest BCUT2D eigenvalue weighted by Crippen LogP contribution is -2.59. The molecule has 27 heteroatoms. The van der Waals surface area contributed by atoms with Crippen molar-refractivity contribution in [2.45, 2.75) is 161 Å². The van der Waals surface area contributed by atoms with Gasteiger partial charge >= 0.3 is 6.03 Å². The third-order valence-electron chi connectivity index (χ3n) is 15.3. The number of hydrogen-bond acceptors (Lipinski definition) is 16. The van der Waals surface area contributed by atoms with E-state index in [9.17, 15) is 56.4 Å². The second kappa shape index (κ2) is 33.8. The van der Waals surface area contributed by atoms with Crippen LogP contribution in [0.4, 0.5) is 10.5 Å². The van der Waals surface area contributed by atoms with Gasteiger partial charge in [0.15, 0.2) is 0 Å². The van der Waals surface area contributed by atoms with E-state index in [1.165, 1.54) is 45.4 Å². The van der Waals surface area contributed by atoms with E-state index in [-0.39, 0.29) is 98.0 Å². The standard InChI is InChI=1S/C57H93N11O15S/c1-15-36(8)50(66(12)56(77)48(34(4)5)63-55(76)49(35(6)7)65(10)11)42(81-13)32-46(72)67-28-17-19-41(67)51(82-14)37(9)52(73)64-84(79,80)39-22-20-38(21-23-39)60-53(74)40(18-16-27-59-57(58)78)61-54(75)47(33(2)3)62-43(69)26-30-83-31-29-68-44(70)24-25-45(68)71/h20-25,33-37,40-42,47-51H,15-19,26-32H2,1-14H3,(H,60,74)(H,61,75)(H,62,69)(H,63,76)(H,64,73)(H3,58,59,78)/t36-,37+,40-,41-,42+,47-,48-,49-,50-,51+/m0/s1. The van der Waals surface area contributed by atoms with Crippen LogP contribution in [0.2, 0.25) is 0 Å². The van der Waals surface area contributed by atoms with Gasteiger partial charge in [-0.25, -0.2) is 17.9 Å². The molecule has 0 saturated carbocycles. The molecular formula is C57H93N11O15S. The van der Waals surface area contributed by atoms with Crippen molar-refractivity contribution in [3.63, 3.8) is 0 Å². The molecular weight excluding hydrogens is 1110 g/mol. The van der Waals surface area contributed by atoms with Gasteiger partial charge in [-0.2, -0.15) is 0 Å². The van der Waals surface area contributed by atoms with E-state index in [0.717, 1.165) is 17.1 Å². The lowest BCUT2D eigenvalue weighted by Gasteiger charge is -2.41. The number of likely N-dealkylation sites (tertiary alicyclic amines) is 1. The van der Waals surface area contributed by atoms with Gasteiger partial charge in [0.2, 0.25) is 41.4 Å². The molecule has 2 aliphatic rings. The number of carbonyl (C=O) groups is 10. The fourth-order valence-electron chi connectivity index (χ4n) is 10.5. The van der Waals surface area contributed by atoms with Gasteiger partial charge < -0.3 is 56.3 Å².